The SMILES string of the molecule is OCc1coc(Oc2cccc3cccnc23)n1. The Balaban J connectivity index is 1.99. The summed E-state index contributed by atoms with van der Waals surface area (Å²) in [6.07, 6.45) is 3.15. The molecule has 2 aromatic heterocycles. The third-order valence-electron chi connectivity index (χ3n) is 2.49. The lowest BCUT2D eigenvalue weighted by molar-refractivity contribution is 0.276. The second kappa shape index (κ2) is 4.46. The summed E-state index contributed by atoms with van der Waals surface area (Å²) in [5, 5.41) is 9.87. The number of nitrogens with zero attached hydrogens (tertiary/aromatic N) is 2. The van der Waals surface area contributed by atoms with E-state index in [0.29, 0.717) is 11.4 Å². The molecule has 2 heterocycles. The Morgan fingerprint density at radius 2 is 2.11 bits per heavy atom. The highest BCUT2D eigenvalue weighted by Crippen LogP contribution is 2.27. The molecule has 18 heavy (non-hydrogen) atoms. The molecule has 3 aromatic rings. The van der Waals surface area contributed by atoms with Crippen LogP contribution in [0.25, 0.3) is 10.9 Å². The summed E-state index contributed by atoms with van der Waals surface area (Å²) in [4.78, 5) is 8.22. The molecule has 1 N–H and O–H groups in total. The molecule has 0 spiro atoms. The molecule has 90 valence electrons. The Bertz CT molecular complexity index is 673. The van der Waals surface area contributed by atoms with Gasteiger partial charge in [0.25, 0.3) is 0 Å². The van der Waals surface area contributed by atoms with Gasteiger partial charge in [-0.05, 0) is 12.1 Å². The Labute approximate surface area is 103 Å². The highest BCUT2D eigenvalue weighted by Gasteiger charge is 2.08. The number of aliphatic hydroxyl groups excluding tert-OH is 1. The standard InChI is InChI=1S/C13H10N2O3/c16-7-10-8-17-13(15-10)18-11-5-1-3-9-4-2-6-14-12(9)11/h1-6,8,16H,7H2. The van der Waals surface area contributed by atoms with Crippen LogP contribution in [0, 0.1) is 0 Å². The summed E-state index contributed by atoms with van der Waals surface area (Å²) in [6.45, 7) is -0.180. The van der Waals surface area contributed by atoms with Crippen molar-refractivity contribution in [3.63, 3.8) is 0 Å². The zero-order valence-electron chi connectivity index (χ0n) is 9.41. The van der Waals surface area contributed by atoms with Crippen molar-refractivity contribution >= 4 is 10.9 Å². The number of fused-ring (bicyclic) bond motifs is 1. The van der Waals surface area contributed by atoms with Crippen molar-refractivity contribution in [1.82, 2.24) is 9.97 Å². The first-order valence-corrected chi connectivity index (χ1v) is 5.43. The summed E-state index contributed by atoms with van der Waals surface area (Å²) in [5.74, 6) is 0.569. The number of aliphatic hydroxyl groups is 1. The fourth-order valence-corrected chi connectivity index (χ4v) is 1.66. The highest BCUT2D eigenvalue weighted by molar-refractivity contribution is 5.84. The van der Waals surface area contributed by atoms with E-state index in [1.54, 1.807) is 12.3 Å². The Morgan fingerprint density at radius 1 is 1.22 bits per heavy atom. The van der Waals surface area contributed by atoms with Gasteiger partial charge in [-0.25, -0.2) is 0 Å². The van der Waals surface area contributed by atoms with Crippen LogP contribution in [-0.4, -0.2) is 15.1 Å². The van der Waals surface area contributed by atoms with Crippen molar-refractivity contribution in [3.05, 3.63) is 48.5 Å². The van der Waals surface area contributed by atoms with Gasteiger partial charge in [-0.1, -0.05) is 18.2 Å². The maximum absolute atomic E-state index is 8.90. The first-order valence-electron chi connectivity index (χ1n) is 5.43. The first kappa shape index (κ1) is 10.7. The first-order chi connectivity index (χ1) is 8.86. The Morgan fingerprint density at radius 3 is 2.94 bits per heavy atom. The zero-order chi connectivity index (χ0) is 12.4. The van der Waals surface area contributed by atoms with Crippen molar-refractivity contribution in [2.45, 2.75) is 6.61 Å². The third-order valence-corrected chi connectivity index (χ3v) is 2.49. The van der Waals surface area contributed by atoms with Crippen LogP contribution in [-0.2, 0) is 6.61 Å². The molecule has 5 nitrogen and oxygen atoms in total. The maximum atomic E-state index is 8.90. The molecule has 0 bridgehead atoms. The predicted molar refractivity (Wildman–Crippen MR) is 64.2 cm³/mol. The van der Waals surface area contributed by atoms with Crippen LogP contribution in [0.15, 0.2) is 47.2 Å². The number of rotatable bonds is 3. The number of ether oxygens (including phenoxy) is 1. The van der Waals surface area contributed by atoms with Gasteiger partial charge in [0.1, 0.15) is 17.5 Å². The van der Waals surface area contributed by atoms with E-state index in [4.69, 9.17) is 14.3 Å². The normalized spacial score (nSPS) is 10.7. The monoisotopic (exact) mass is 242 g/mol. The predicted octanol–water partition coefficient (Wildman–Crippen LogP) is 2.51. The van der Waals surface area contributed by atoms with Gasteiger partial charge < -0.3 is 14.3 Å². The molecule has 0 amide bonds. The van der Waals surface area contributed by atoms with Gasteiger partial charge in [-0.2, -0.15) is 4.98 Å². The molecular weight excluding hydrogens is 232 g/mol. The summed E-state index contributed by atoms with van der Waals surface area (Å²) in [5.41, 5.74) is 1.17. The van der Waals surface area contributed by atoms with Crippen molar-refractivity contribution in [2.24, 2.45) is 0 Å². The largest absolute Gasteiger partial charge is 0.417 e. The second-order valence-corrected chi connectivity index (χ2v) is 3.70. The Hall–Kier alpha value is -2.40. The van der Waals surface area contributed by atoms with Crippen LogP contribution in [0.4, 0.5) is 0 Å². The molecule has 5 heteroatoms. The average Bonchev–Trinajstić information content (AvgIpc) is 2.87. The Kier molecular flexibility index (Phi) is 2.66. The number of aromatic nitrogens is 2. The van der Waals surface area contributed by atoms with Crippen molar-refractivity contribution in [3.8, 4) is 11.8 Å². The minimum atomic E-state index is -0.180. The molecule has 0 saturated heterocycles. The summed E-state index contributed by atoms with van der Waals surface area (Å²) < 4.78 is 10.6. The van der Waals surface area contributed by atoms with Gasteiger partial charge in [-0.3, -0.25) is 4.98 Å². The van der Waals surface area contributed by atoms with E-state index < -0.39 is 0 Å². The van der Waals surface area contributed by atoms with Crippen LogP contribution in [0.3, 0.4) is 0 Å². The third kappa shape index (κ3) is 1.91. The minimum Gasteiger partial charge on any atom is -0.417 e. The maximum Gasteiger partial charge on any atom is 0.399 e. The molecule has 0 fully saturated rings. The van der Waals surface area contributed by atoms with Gasteiger partial charge >= 0.3 is 6.08 Å². The number of hydrogen-bond acceptors (Lipinski definition) is 5. The lowest BCUT2D eigenvalue weighted by Gasteiger charge is -2.03. The van der Waals surface area contributed by atoms with Crippen LogP contribution < -0.4 is 4.74 Å². The van der Waals surface area contributed by atoms with E-state index in [1.165, 1.54) is 6.26 Å². The van der Waals surface area contributed by atoms with Crippen molar-refractivity contribution < 1.29 is 14.3 Å². The van der Waals surface area contributed by atoms with Crippen LogP contribution in [0.2, 0.25) is 0 Å². The van der Waals surface area contributed by atoms with E-state index >= 15 is 0 Å². The fraction of sp³-hybridized carbons (Fsp3) is 0.0769. The molecule has 0 unspecified atom stereocenters. The van der Waals surface area contributed by atoms with E-state index in [1.807, 2.05) is 24.3 Å². The number of pyridine rings is 1. The topological polar surface area (TPSA) is 68.4 Å². The van der Waals surface area contributed by atoms with E-state index in [-0.39, 0.29) is 12.7 Å². The zero-order valence-corrected chi connectivity index (χ0v) is 9.41. The molecule has 1 aromatic carbocycles. The van der Waals surface area contributed by atoms with Gasteiger partial charge in [0.05, 0.1) is 6.61 Å². The molecular formula is C13H10N2O3. The molecule has 0 saturated carbocycles. The molecule has 3 rings (SSSR count). The molecule has 0 aliphatic heterocycles. The van der Waals surface area contributed by atoms with Gasteiger partial charge in [0.2, 0.25) is 0 Å². The van der Waals surface area contributed by atoms with E-state index in [2.05, 4.69) is 9.97 Å². The van der Waals surface area contributed by atoms with Crippen molar-refractivity contribution in [1.29, 1.82) is 0 Å². The summed E-state index contributed by atoms with van der Waals surface area (Å²) in [7, 11) is 0. The average molecular weight is 242 g/mol. The number of oxazole rings is 1. The number of benzene rings is 1. The summed E-state index contributed by atoms with van der Waals surface area (Å²) in [6, 6.07) is 9.42. The quantitative estimate of drug-likeness (QED) is 0.764. The van der Waals surface area contributed by atoms with E-state index in [9.17, 15) is 0 Å². The number of hydrogen-bond donors (Lipinski definition) is 1. The van der Waals surface area contributed by atoms with Gasteiger partial charge in [0.15, 0.2) is 5.75 Å². The van der Waals surface area contributed by atoms with Gasteiger partial charge in [-0.15, -0.1) is 0 Å². The van der Waals surface area contributed by atoms with E-state index in [0.717, 1.165) is 10.9 Å². The van der Waals surface area contributed by atoms with Crippen LogP contribution in [0.5, 0.6) is 11.8 Å². The molecule has 0 aliphatic rings. The summed E-state index contributed by atoms with van der Waals surface area (Å²) >= 11 is 0. The van der Waals surface area contributed by atoms with Crippen LogP contribution >= 0.6 is 0 Å². The minimum absolute atomic E-state index is 0.0946. The van der Waals surface area contributed by atoms with Crippen molar-refractivity contribution in [2.75, 3.05) is 0 Å². The lowest BCUT2D eigenvalue weighted by Crippen LogP contribution is -1.88. The van der Waals surface area contributed by atoms with Crippen LogP contribution in [0.1, 0.15) is 5.69 Å². The lowest BCUT2D eigenvalue weighted by atomic mass is 10.2. The van der Waals surface area contributed by atoms with Gasteiger partial charge in [0, 0.05) is 11.6 Å². The highest BCUT2D eigenvalue weighted by atomic mass is 16.6. The molecule has 0 radical (unpaired) electrons. The molecule has 0 atom stereocenters. The molecule has 0 aliphatic carbocycles. The fourth-order valence-electron chi connectivity index (χ4n) is 1.66. The smallest absolute Gasteiger partial charge is 0.399 e. The second-order valence-electron chi connectivity index (χ2n) is 3.70. The number of para-hydroxylation sites is 1.